The molecular weight excluding hydrogens is 398 g/mol. The van der Waals surface area contributed by atoms with Gasteiger partial charge in [-0.15, -0.1) is 0 Å². The molecule has 148 valence electrons. The average molecular weight is 430 g/mol. The first-order chi connectivity index (χ1) is 12.5. The quantitative estimate of drug-likeness (QED) is 0.350. The lowest BCUT2D eigenvalue weighted by atomic mass is 10.0. The van der Waals surface area contributed by atoms with Crippen LogP contribution >= 0.6 is 15.9 Å². The minimum absolute atomic E-state index is 0.0404. The van der Waals surface area contributed by atoms with Crippen LogP contribution in [0, 0.1) is 0 Å². The lowest BCUT2D eigenvalue weighted by Gasteiger charge is -2.28. The molecule has 0 aromatic rings. The van der Waals surface area contributed by atoms with Crippen LogP contribution in [-0.2, 0) is 9.53 Å². The molecule has 1 saturated carbocycles. The zero-order chi connectivity index (χ0) is 18.9. The highest BCUT2D eigenvalue weighted by Gasteiger charge is 2.22. The summed E-state index contributed by atoms with van der Waals surface area (Å²) in [6.45, 7) is 3.12. The standard InChI is InChI=1S/C19H32BrN3O3/c1-13(24)17(23-15-7-5-3-4-6-8-15)9-10-21-18-16(19(25)26-2)11-14(20)12-22-18/h11,13,15,17,21-24H,3-10,12H2,1-2H3. The number of hydrogen-bond acceptors (Lipinski definition) is 6. The van der Waals surface area contributed by atoms with E-state index in [1.54, 1.807) is 6.08 Å². The number of methoxy groups -OCH3 is 1. The van der Waals surface area contributed by atoms with Crippen molar-refractivity contribution >= 4 is 21.9 Å². The molecule has 2 aliphatic rings. The highest BCUT2D eigenvalue weighted by molar-refractivity contribution is 9.11. The summed E-state index contributed by atoms with van der Waals surface area (Å²) in [5, 5.41) is 20.3. The normalized spacial score (nSPS) is 21.3. The molecule has 1 heterocycles. The Balaban J connectivity index is 1.90. The maximum Gasteiger partial charge on any atom is 0.341 e. The van der Waals surface area contributed by atoms with Gasteiger partial charge in [-0.05, 0) is 32.3 Å². The van der Waals surface area contributed by atoms with Crippen molar-refractivity contribution in [2.45, 2.75) is 70.1 Å². The molecule has 1 aliphatic carbocycles. The van der Waals surface area contributed by atoms with Gasteiger partial charge >= 0.3 is 5.97 Å². The third kappa shape index (κ3) is 6.59. The Morgan fingerprint density at radius 1 is 1.38 bits per heavy atom. The summed E-state index contributed by atoms with van der Waals surface area (Å²) < 4.78 is 5.75. The summed E-state index contributed by atoms with van der Waals surface area (Å²) in [6.07, 6.45) is 9.69. The van der Waals surface area contributed by atoms with E-state index in [4.69, 9.17) is 4.74 Å². The monoisotopic (exact) mass is 429 g/mol. The van der Waals surface area contributed by atoms with Gasteiger partial charge in [0.25, 0.3) is 0 Å². The Labute approximate surface area is 165 Å². The number of ether oxygens (including phenoxy) is 1. The first-order valence-electron chi connectivity index (χ1n) is 9.61. The first kappa shape index (κ1) is 21.3. The van der Waals surface area contributed by atoms with Crippen molar-refractivity contribution in [3.63, 3.8) is 0 Å². The van der Waals surface area contributed by atoms with Crippen molar-refractivity contribution in [1.82, 2.24) is 16.0 Å². The van der Waals surface area contributed by atoms with Gasteiger partial charge in [0.1, 0.15) is 11.4 Å². The molecule has 0 saturated heterocycles. The van der Waals surface area contributed by atoms with E-state index in [1.807, 2.05) is 6.92 Å². The van der Waals surface area contributed by atoms with Crippen LogP contribution in [0.5, 0.6) is 0 Å². The van der Waals surface area contributed by atoms with Crippen molar-refractivity contribution in [3.8, 4) is 0 Å². The molecule has 2 atom stereocenters. The van der Waals surface area contributed by atoms with E-state index in [-0.39, 0.29) is 12.0 Å². The molecule has 7 heteroatoms. The van der Waals surface area contributed by atoms with Gasteiger partial charge in [0.15, 0.2) is 0 Å². The number of nitrogens with one attached hydrogen (secondary N) is 3. The molecule has 6 nitrogen and oxygen atoms in total. The third-order valence-corrected chi connectivity index (χ3v) is 5.56. The Kier molecular flexibility index (Phi) is 8.95. The molecule has 2 rings (SSSR count). The Morgan fingerprint density at radius 3 is 2.69 bits per heavy atom. The number of halogens is 1. The molecule has 0 amide bonds. The summed E-state index contributed by atoms with van der Waals surface area (Å²) in [4.78, 5) is 11.9. The minimum Gasteiger partial charge on any atom is -0.465 e. The molecule has 2 unspecified atom stereocenters. The lowest BCUT2D eigenvalue weighted by molar-refractivity contribution is -0.135. The Bertz CT molecular complexity index is 526. The van der Waals surface area contributed by atoms with Crippen LogP contribution in [0.15, 0.2) is 22.0 Å². The van der Waals surface area contributed by atoms with E-state index in [9.17, 15) is 9.90 Å². The smallest absolute Gasteiger partial charge is 0.341 e. The fourth-order valence-corrected chi connectivity index (χ4v) is 3.91. The van der Waals surface area contributed by atoms with Crippen LogP contribution in [0.2, 0.25) is 0 Å². The molecule has 4 N–H and O–H groups in total. The van der Waals surface area contributed by atoms with Crippen LogP contribution in [0.1, 0.15) is 51.9 Å². The predicted molar refractivity (Wildman–Crippen MR) is 107 cm³/mol. The van der Waals surface area contributed by atoms with Gasteiger partial charge in [-0.25, -0.2) is 4.79 Å². The van der Waals surface area contributed by atoms with Crippen LogP contribution in [-0.4, -0.2) is 49.5 Å². The average Bonchev–Trinajstić information content (AvgIpc) is 2.89. The molecule has 0 bridgehead atoms. The fourth-order valence-electron chi connectivity index (χ4n) is 3.54. The largest absolute Gasteiger partial charge is 0.465 e. The number of hydrogen-bond donors (Lipinski definition) is 4. The second kappa shape index (κ2) is 10.9. The Morgan fingerprint density at radius 2 is 2.08 bits per heavy atom. The molecular formula is C19H32BrN3O3. The van der Waals surface area contributed by atoms with Gasteiger partial charge in [-0.2, -0.15) is 0 Å². The molecule has 26 heavy (non-hydrogen) atoms. The molecule has 1 fully saturated rings. The van der Waals surface area contributed by atoms with Gasteiger partial charge < -0.3 is 25.8 Å². The van der Waals surface area contributed by atoms with Gasteiger partial charge in [0.2, 0.25) is 0 Å². The van der Waals surface area contributed by atoms with Crippen LogP contribution in [0.4, 0.5) is 0 Å². The Hall–Kier alpha value is -1.05. The van der Waals surface area contributed by atoms with Crippen LogP contribution in [0.25, 0.3) is 0 Å². The van der Waals surface area contributed by atoms with E-state index < -0.39 is 6.10 Å². The highest BCUT2D eigenvalue weighted by Crippen LogP contribution is 2.19. The number of dihydropyridines is 1. The van der Waals surface area contributed by atoms with Crippen molar-refractivity contribution in [3.05, 3.63) is 22.0 Å². The number of esters is 1. The summed E-state index contributed by atoms with van der Waals surface area (Å²) in [6, 6.07) is 0.535. The van der Waals surface area contributed by atoms with Gasteiger partial charge in [-0.3, -0.25) is 0 Å². The van der Waals surface area contributed by atoms with Crippen molar-refractivity contribution in [1.29, 1.82) is 0 Å². The summed E-state index contributed by atoms with van der Waals surface area (Å²) in [5.41, 5.74) is 0.482. The van der Waals surface area contributed by atoms with Crippen molar-refractivity contribution in [2.24, 2.45) is 0 Å². The summed E-state index contributed by atoms with van der Waals surface area (Å²) in [5.74, 6) is 0.305. The van der Waals surface area contributed by atoms with Crippen LogP contribution in [0.3, 0.4) is 0 Å². The van der Waals surface area contributed by atoms with E-state index in [2.05, 4.69) is 31.9 Å². The van der Waals surface area contributed by atoms with E-state index in [0.717, 1.165) is 10.9 Å². The molecule has 0 radical (unpaired) electrons. The number of carbonyl (C=O) groups is 1. The van der Waals surface area contributed by atoms with Gasteiger partial charge in [0, 0.05) is 29.7 Å². The number of aliphatic hydroxyl groups excluding tert-OH is 1. The van der Waals surface area contributed by atoms with E-state index >= 15 is 0 Å². The zero-order valence-corrected chi connectivity index (χ0v) is 17.4. The zero-order valence-electron chi connectivity index (χ0n) is 15.8. The molecule has 0 aromatic heterocycles. The van der Waals surface area contributed by atoms with Crippen LogP contribution < -0.4 is 16.0 Å². The second-order valence-corrected chi connectivity index (χ2v) is 8.16. The first-order valence-corrected chi connectivity index (χ1v) is 10.4. The molecule has 1 aliphatic heterocycles. The fraction of sp³-hybridized carbons (Fsp3) is 0.737. The molecule has 0 aromatic carbocycles. The van der Waals surface area contributed by atoms with Gasteiger partial charge in [0.05, 0.1) is 13.2 Å². The SMILES string of the molecule is COC(=O)C1=C(NCCC(NC2CCCCCC2)C(C)O)NCC(Br)=C1. The van der Waals surface area contributed by atoms with Crippen molar-refractivity contribution in [2.75, 3.05) is 20.2 Å². The third-order valence-electron chi connectivity index (χ3n) is 5.05. The van der Waals surface area contributed by atoms with E-state index in [0.29, 0.717) is 30.5 Å². The predicted octanol–water partition coefficient (Wildman–Crippen LogP) is 2.29. The maximum absolute atomic E-state index is 11.9. The lowest BCUT2D eigenvalue weighted by Crippen LogP contribution is -2.46. The summed E-state index contributed by atoms with van der Waals surface area (Å²) in [7, 11) is 1.38. The summed E-state index contributed by atoms with van der Waals surface area (Å²) >= 11 is 3.41. The minimum atomic E-state index is -0.414. The van der Waals surface area contributed by atoms with Crippen molar-refractivity contribution < 1.29 is 14.6 Å². The van der Waals surface area contributed by atoms with E-state index in [1.165, 1.54) is 45.6 Å². The maximum atomic E-state index is 11.9. The second-order valence-electron chi connectivity index (χ2n) is 7.14. The number of rotatable bonds is 8. The number of carbonyl (C=O) groups excluding carboxylic acids is 1. The number of aliphatic hydroxyl groups is 1. The topological polar surface area (TPSA) is 82.6 Å². The molecule has 0 spiro atoms. The highest BCUT2D eigenvalue weighted by atomic mass is 79.9. The van der Waals surface area contributed by atoms with Gasteiger partial charge in [-0.1, -0.05) is 41.6 Å².